The van der Waals surface area contributed by atoms with Gasteiger partial charge in [-0.25, -0.2) is 13.1 Å². The van der Waals surface area contributed by atoms with E-state index in [1.807, 2.05) is 0 Å². The summed E-state index contributed by atoms with van der Waals surface area (Å²) in [4.78, 5) is 12.0. The second kappa shape index (κ2) is 7.63. The lowest BCUT2D eigenvalue weighted by Gasteiger charge is -2.18. The summed E-state index contributed by atoms with van der Waals surface area (Å²) in [6, 6.07) is 11.1. The Hall–Kier alpha value is -2.78. The zero-order valence-electron chi connectivity index (χ0n) is 14.0. The monoisotopic (exact) mass is 378 g/mol. The summed E-state index contributed by atoms with van der Waals surface area (Å²) in [5, 5.41) is 2.60. The highest BCUT2D eigenvalue weighted by molar-refractivity contribution is 7.89. The Balaban J connectivity index is 1.63. The molecule has 2 aromatic rings. The van der Waals surface area contributed by atoms with Crippen molar-refractivity contribution in [2.75, 3.05) is 32.2 Å². The van der Waals surface area contributed by atoms with Gasteiger partial charge >= 0.3 is 0 Å². The van der Waals surface area contributed by atoms with Crippen LogP contribution in [0, 0.1) is 0 Å². The summed E-state index contributed by atoms with van der Waals surface area (Å²) in [6.45, 7) is 0.364. The Bertz CT molecular complexity index is 913. The first-order valence-electron chi connectivity index (χ1n) is 7.81. The molecule has 0 spiro atoms. The van der Waals surface area contributed by atoms with Crippen LogP contribution in [0.2, 0.25) is 0 Å². The largest absolute Gasteiger partial charge is 0.497 e. The van der Waals surface area contributed by atoms with E-state index in [4.69, 9.17) is 14.2 Å². The van der Waals surface area contributed by atoms with Crippen LogP contribution in [0.15, 0.2) is 47.4 Å². The molecule has 0 unspecified atom stereocenters. The molecule has 3 rings (SSSR count). The van der Waals surface area contributed by atoms with Crippen LogP contribution in [0.4, 0.5) is 5.69 Å². The molecule has 8 nitrogen and oxygen atoms in total. The molecule has 0 aromatic heterocycles. The number of carbonyl (C=O) groups excluding carboxylic acids is 1. The summed E-state index contributed by atoms with van der Waals surface area (Å²) in [5.41, 5.74) is 0.507. The van der Waals surface area contributed by atoms with Gasteiger partial charge in [0.2, 0.25) is 15.9 Å². The fraction of sp³-hybridized carbons (Fsp3) is 0.235. The molecule has 26 heavy (non-hydrogen) atoms. The predicted molar refractivity (Wildman–Crippen MR) is 94.2 cm³/mol. The number of benzene rings is 2. The van der Waals surface area contributed by atoms with Crippen molar-refractivity contribution in [3.8, 4) is 17.2 Å². The highest BCUT2D eigenvalue weighted by atomic mass is 32.2. The minimum absolute atomic E-state index is 0.00377. The van der Waals surface area contributed by atoms with Gasteiger partial charge in [0.25, 0.3) is 0 Å². The molecule has 1 aliphatic rings. The number of hydrogen-bond donors (Lipinski definition) is 2. The van der Waals surface area contributed by atoms with Gasteiger partial charge in [0.1, 0.15) is 19.0 Å². The average Bonchev–Trinajstić information content (AvgIpc) is 2.66. The molecule has 1 amide bonds. The van der Waals surface area contributed by atoms with Gasteiger partial charge in [0.15, 0.2) is 11.5 Å². The van der Waals surface area contributed by atoms with Crippen molar-refractivity contribution in [2.45, 2.75) is 4.90 Å². The van der Waals surface area contributed by atoms with Crippen LogP contribution >= 0.6 is 0 Å². The van der Waals surface area contributed by atoms with Crippen molar-refractivity contribution >= 4 is 21.6 Å². The smallest absolute Gasteiger partial charge is 0.241 e. The number of hydrogen-bond acceptors (Lipinski definition) is 6. The van der Waals surface area contributed by atoms with Crippen LogP contribution in [0.3, 0.4) is 0 Å². The van der Waals surface area contributed by atoms with Gasteiger partial charge < -0.3 is 19.5 Å². The molecule has 0 saturated carbocycles. The summed E-state index contributed by atoms with van der Waals surface area (Å²) in [5.74, 6) is 0.935. The highest BCUT2D eigenvalue weighted by Crippen LogP contribution is 2.32. The van der Waals surface area contributed by atoms with E-state index in [2.05, 4.69) is 10.0 Å². The summed E-state index contributed by atoms with van der Waals surface area (Å²) in [7, 11) is -2.35. The molecule has 0 aliphatic carbocycles. The molecule has 9 heteroatoms. The highest BCUT2D eigenvalue weighted by Gasteiger charge is 2.20. The Morgan fingerprint density at radius 3 is 2.65 bits per heavy atom. The Kier molecular flexibility index (Phi) is 5.29. The summed E-state index contributed by atoms with van der Waals surface area (Å²) >= 11 is 0. The molecule has 2 aromatic carbocycles. The van der Waals surface area contributed by atoms with Gasteiger partial charge in [-0.2, -0.15) is 0 Å². The lowest BCUT2D eigenvalue weighted by Crippen LogP contribution is -2.33. The Morgan fingerprint density at radius 2 is 1.88 bits per heavy atom. The van der Waals surface area contributed by atoms with Crippen molar-refractivity contribution < 1.29 is 27.4 Å². The van der Waals surface area contributed by atoms with E-state index in [0.29, 0.717) is 36.1 Å². The third-order valence-electron chi connectivity index (χ3n) is 3.60. The van der Waals surface area contributed by atoms with Gasteiger partial charge in [-0.15, -0.1) is 0 Å². The molecule has 0 radical (unpaired) electrons. The first kappa shape index (κ1) is 18.0. The van der Waals surface area contributed by atoms with Crippen molar-refractivity contribution in [2.24, 2.45) is 0 Å². The van der Waals surface area contributed by atoms with Crippen molar-refractivity contribution in [3.05, 3.63) is 42.5 Å². The molecule has 0 saturated heterocycles. The Morgan fingerprint density at radius 1 is 1.12 bits per heavy atom. The van der Waals surface area contributed by atoms with Crippen LogP contribution < -0.4 is 24.2 Å². The number of anilines is 1. The third kappa shape index (κ3) is 4.24. The van der Waals surface area contributed by atoms with E-state index < -0.39 is 22.5 Å². The number of nitrogens with one attached hydrogen (secondary N) is 2. The van der Waals surface area contributed by atoms with Crippen molar-refractivity contribution in [1.29, 1.82) is 0 Å². The Labute approximate surface area is 151 Å². The topological polar surface area (TPSA) is 103 Å². The SMILES string of the molecule is COc1cccc(NC(=O)CNS(=O)(=O)c2ccc3c(c2)OCCO3)c1. The zero-order valence-corrected chi connectivity index (χ0v) is 14.8. The van der Waals surface area contributed by atoms with E-state index in [0.717, 1.165) is 0 Å². The van der Waals surface area contributed by atoms with Gasteiger partial charge in [-0.05, 0) is 24.3 Å². The van der Waals surface area contributed by atoms with Crippen LogP contribution in [-0.2, 0) is 14.8 Å². The standard InChI is InChI=1S/C17H18N2O6S/c1-23-13-4-2-3-12(9-13)19-17(20)11-18-26(21,22)14-5-6-15-16(10-14)25-8-7-24-15/h2-6,9-10,18H,7-8,11H2,1H3,(H,19,20). The van der Waals surface area contributed by atoms with E-state index >= 15 is 0 Å². The van der Waals surface area contributed by atoms with Crippen LogP contribution in [0.25, 0.3) is 0 Å². The van der Waals surface area contributed by atoms with Crippen molar-refractivity contribution in [3.63, 3.8) is 0 Å². The average molecular weight is 378 g/mol. The molecule has 2 N–H and O–H groups in total. The number of sulfonamides is 1. The number of carbonyl (C=O) groups is 1. The molecule has 0 atom stereocenters. The molecule has 1 heterocycles. The number of ether oxygens (including phenoxy) is 3. The lowest BCUT2D eigenvalue weighted by molar-refractivity contribution is -0.115. The second-order valence-electron chi connectivity index (χ2n) is 5.41. The molecular formula is C17H18N2O6S. The van der Waals surface area contributed by atoms with E-state index in [1.165, 1.54) is 25.3 Å². The van der Waals surface area contributed by atoms with Crippen LogP contribution in [-0.4, -0.2) is 41.2 Å². The van der Waals surface area contributed by atoms with Crippen LogP contribution in [0.1, 0.15) is 0 Å². The zero-order chi connectivity index (χ0) is 18.6. The van der Waals surface area contributed by atoms with Crippen LogP contribution in [0.5, 0.6) is 17.2 Å². The maximum atomic E-state index is 12.4. The van der Waals surface area contributed by atoms with Gasteiger partial charge in [-0.1, -0.05) is 6.07 Å². The quantitative estimate of drug-likeness (QED) is 0.787. The normalized spacial score (nSPS) is 13.1. The number of rotatable bonds is 6. The predicted octanol–water partition coefficient (Wildman–Crippen LogP) is 1.38. The lowest BCUT2D eigenvalue weighted by atomic mass is 10.3. The van der Waals surface area contributed by atoms with Gasteiger partial charge in [0, 0.05) is 17.8 Å². The minimum Gasteiger partial charge on any atom is -0.497 e. The summed E-state index contributed by atoms with van der Waals surface area (Å²) < 4.78 is 42.8. The maximum Gasteiger partial charge on any atom is 0.241 e. The second-order valence-corrected chi connectivity index (χ2v) is 7.18. The van der Waals surface area contributed by atoms with Crippen molar-refractivity contribution in [1.82, 2.24) is 4.72 Å². The summed E-state index contributed by atoms with van der Waals surface area (Å²) in [6.07, 6.45) is 0. The minimum atomic E-state index is -3.87. The first-order chi connectivity index (χ1) is 12.5. The number of amides is 1. The molecule has 138 valence electrons. The fourth-order valence-electron chi connectivity index (χ4n) is 2.34. The van der Waals surface area contributed by atoms with Gasteiger partial charge in [-0.3, -0.25) is 4.79 Å². The molecule has 0 fully saturated rings. The van der Waals surface area contributed by atoms with E-state index in [1.54, 1.807) is 24.3 Å². The third-order valence-corrected chi connectivity index (χ3v) is 5.00. The molecule has 0 bridgehead atoms. The first-order valence-corrected chi connectivity index (χ1v) is 9.29. The molecule has 1 aliphatic heterocycles. The number of fused-ring (bicyclic) bond motifs is 1. The molecular weight excluding hydrogens is 360 g/mol. The maximum absolute atomic E-state index is 12.4. The fourth-order valence-corrected chi connectivity index (χ4v) is 3.34. The number of methoxy groups -OCH3 is 1. The van der Waals surface area contributed by atoms with E-state index in [9.17, 15) is 13.2 Å². The van der Waals surface area contributed by atoms with E-state index in [-0.39, 0.29) is 4.90 Å². The van der Waals surface area contributed by atoms with Gasteiger partial charge in [0.05, 0.1) is 18.6 Å².